The molecular weight excluding hydrogens is 502 g/mol. The van der Waals surface area contributed by atoms with Crippen LogP contribution in [-0.2, 0) is 29.2 Å². The monoisotopic (exact) mass is 529 g/mol. The first-order valence-electron chi connectivity index (χ1n) is 12.2. The fraction of sp³-hybridized carbons (Fsp3) is 0.200. The van der Waals surface area contributed by atoms with Gasteiger partial charge in [0.2, 0.25) is 6.10 Å². The predicted octanol–water partition coefficient (Wildman–Crippen LogP) is 5.49. The van der Waals surface area contributed by atoms with Crippen LogP contribution in [-0.4, -0.2) is 35.0 Å². The molecule has 0 saturated heterocycles. The van der Waals surface area contributed by atoms with Gasteiger partial charge < -0.3 is 24.2 Å². The second-order valence-corrected chi connectivity index (χ2v) is 9.78. The summed E-state index contributed by atoms with van der Waals surface area (Å²) < 4.78 is 17.8. The van der Waals surface area contributed by atoms with Crippen molar-refractivity contribution in [2.45, 2.75) is 31.7 Å². The van der Waals surface area contributed by atoms with Crippen LogP contribution in [0.1, 0.15) is 28.4 Å². The number of carbonyl (C=O) groups excluding carboxylic acids is 1. The summed E-state index contributed by atoms with van der Waals surface area (Å²) in [5, 5.41) is 12.7. The van der Waals surface area contributed by atoms with Crippen LogP contribution in [0.3, 0.4) is 0 Å². The van der Waals surface area contributed by atoms with Crippen molar-refractivity contribution in [3.8, 4) is 16.6 Å². The highest BCUT2D eigenvalue weighted by atomic mass is 32.1. The Morgan fingerprint density at radius 3 is 2.39 bits per heavy atom. The Balaban J connectivity index is 1.48. The third-order valence-corrected chi connectivity index (χ3v) is 7.26. The summed E-state index contributed by atoms with van der Waals surface area (Å²) >= 11 is 1.38. The molecule has 1 amide bonds. The lowest BCUT2D eigenvalue weighted by Crippen LogP contribution is -2.51. The largest absolute Gasteiger partial charge is 0.493 e. The molecule has 194 valence electrons. The Morgan fingerprint density at radius 1 is 1.00 bits per heavy atom. The number of rotatable bonds is 9. The summed E-state index contributed by atoms with van der Waals surface area (Å²) in [6, 6.07) is 25.0. The molecule has 38 heavy (non-hydrogen) atoms. The average molecular weight is 530 g/mol. The van der Waals surface area contributed by atoms with Crippen LogP contribution >= 0.6 is 11.3 Å². The zero-order chi connectivity index (χ0) is 26.5. The fourth-order valence-electron chi connectivity index (χ4n) is 4.60. The van der Waals surface area contributed by atoms with Gasteiger partial charge in [-0.15, -0.1) is 11.3 Å². The Kier molecular flexibility index (Phi) is 7.60. The Hall–Kier alpha value is -4.30. The van der Waals surface area contributed by atoms with Crippen molar-refractivity contribution >= 4 is 23.2 Å². The van der Waals surface area contributed by atoms with Crippen molar-refractivity contribution in [3.63, 3.8) is 0 Å². The van der Waals surface area contributed by atoms with E-state index in [-0.39, 0.29) is 13.0 Å². The van der Waals surface area contributed by atoms with Crippen molar-refractivity contribution in [1.29, 1.82) is 0 Å². The number of fused-ring (bicyclic) bond motifs is 1. The van der Waals surface area contributed by atoms with Crippen molar-refractivity contribution in [2.24, 2.45) is 0 Å². The zero-order valence-corrected chi connectivity index (χ0v) is 21.6. The highest BCUT2D eigenvalue weighted by molar-refractivity contribution is 7.11. The summed E-state index contributed by atoms with van der Waals surface area (Å²) in [6.07, 6.45) is -0.900. The molecule has 0 unspecified atom stereocenters. The average Bonchev–Trinajstić information content (AvgIpc) is 3.48. The number of aliphatic carboxylic acids is 1. The molecule has 0 spiro atoms. The van der Waals surface area contributed by atoms with Gasteiger partial charge >= 0.3 is 5.97 Å². The molecule has 2 atom stereocenters. The van der Waals surface area contributed by atoms with Gasteiger partial charge in [0.25, 0.3) is 5.91 Å². The first kappa shape index (κ1) is 25.4. The molecule has 0 bridgehead atoms. The van der Waals surface area contributed by atoms with Crippen LogP contribution < -0.4 is 14.2 Å². The van der Waals surface area contributed by atoms with Gasteiger partial charge in [-0.2, -0.15) is 0 Å². The molecular formula is C30H27NO6S. The number of hydrogen-bond acceptors (Lipinski definition) is 6. The van der Waals surface area contributed by atoms with Gasteiger partial charge in [-0.05, 0) is 34.7 Å². The maximum Gasteiger partial charge on any atom is 0.326 e. The molecule has 0 radical (unpaired) electrons. The van der Waals surface area contributed by atoms with E-state index in [1.54, 1.807) is 19.2 Å². The van der Waals surface area contributed by atoms with Gasteiger partial charge in [-0.25, -0.2) is 4.79 Å². The highest BCUT2D eigenvalue weighted by Gasteiger charge is 2.40. The maximum atomic E-state index is 14.0. The van der Waals surface area contributed by atoms with E-state index in [0.29, 0.717) is 28.7 Å². The molecule has 0 saturated carbocycles. The number of thiophene rings is 1. The normalized spacial score (nSPS) is 15.3. The van der Waals surface area contributed by atoms with Crippen LogP contribution in [0, 0.1) is 0 Å². The Morgan fingerprint density at radius 2 is 1.74 bits per heavy atom. The summed E-state index contributed by atoms with van der Waals surface area (Å²) in [5.74, 6) is -0.484. The number of carbonyl (C=O) groups is 2. The molecule has 1 aliphatic rings. The molecule has 5 rings (SSSR count). The summed E-state index contributed by atoms with van der Waals surface area (Å²) in [4.78, 5) is 27.8. The van der Waals surface area contributed by atoms with Gasteiger partial charge in [0.15, 0.2) is 16.6 Å². The summed E-state index contributed by atoms with van der Waals surface area (Å²) in [6.45, 7) is 0.409. The second-order valence-electron chi connectivity index (χ2n) is 8.87. The smallest absolute Gasteiger partial charge is 0.326 e. The van der Waals surface area contributed by atoms with Gasteiger partial charge in [0.1, 0.15) is 12.6 Å². The van der Waals surface area contributed by atoms with Crippen molar-refractivity contribution in [1.82, 2.24) is 4.90 Å². The van der Waals surface area contributed by atoms with Gasteiger partial charge in [-0.3, -0.25) is 4.79 Å². The predicted molar refractivity (Wildman–Crippen MR) is 144 cm³/mol. The van der Waals surface area contributed by atoms with Gasteiger partial charge in [-0.1, -0.05) is 66.7 Å². The number of nitrogens with zero attached hydrogens (tertiary/aromatic N) is 1. The molecule has 1 aliphatic heterocycles. The molecule has 3 aromatic carbocycles. The summed E-state index contributed by atoms with van der Waals surface area (Å²) in [5.41, 5.74) is 3.17. The lowest BCUT2D eigenvalue weighted by Gasteiger charge is -2.37. The third kappa shape index (κ3) is 5.35. The molecule has 7 nitrogen and oxygen atoms in total. The fourth-order valence-corrected chi connectivity index (χ4v) is 5.20. The van der Waals surface area contributed by atoms with Crippen molar-refractivity contribution in [2.75, 3.05) is 7.11 Å². The number of carboxylic acid groups (broad SMARTS) is 1. The van der Waals surface area contributed by atoms with Gasteiger partial charge in [0, 0.05) is 24.1 Å². The molecule has 1 aromatic heterocycles. The van der Waals surface area contributed by atoms with E-state index in [1.165, 1.54) is 16.2 Å². The molecule has 4 aromatic rings. The highest BCUT2D eigenvalue weighted by Crippen LogP contribution is 2.40. The Labute approximate surface area is 224 Å². The Bertz CT molecular complexity index is 1390. The van der Waals surface area contributed by atoms with Gasteiger partial charge in [0.05, 0.1) is 7.11 Å². The van der Waals surface area contributed by atoms with E-state index >= 15 is 0 Å². The van der Waals surface area contributed by atoms with E-state index in [1.807, 2.05) is 78.2 Å². The molecule has 0 fully saturated rings. The van der Waals surface area contributed by atoms with Crippen LogP contribution in [0.4, 0.5) is 0 Å². The number of ether oxygens (including phenoxy) is 3. The van der Waals surface area contributed by atoms with E-state index in [4.69, 9.17) is 14.2 Å². The van der Waals surface area contributed by atoms with Crippen LogP contribution in [0.5, 0.6) is 16.6 Å². The third-order valence-electron chi connectivity index (χ3n) is 6.51. The first-order chi connectivity index (χ1) is 18.5. The lowest BCUT2D eigenvalue weighted by atomic mass is 9.91. The molecule has 2 heterocycles. The second kappa shape index (κ2) is 11.4. The van der Waals surface area contributed by atoms with E-state index < -0.39 is 24.0 Å². The molecule has 0 aliphatic carbocycles. The van der Waals surface area contributed by atoms with E-state index in [2.05, 4.69) is 0 Å². The van der Waals surface area contributed by atoms with Crippen LogP contribution in [0.25, 0.3) is 0 Å². The minimum Gasteiger partial charge on any atom is -0.493 e. The number of benzene rings is 3. The number of methoxy groups -OCH3 is 1. The standard InChI is InChI=1S/C30H27NO6S/c1-35-25-15-14-22-18-31(29(32)27(21-11-6-3-7-12-21)37-26-13-8-16-38-26)24(30(33)34)17-23(22)28(25)36-19-20-9-4-2-5-10-20/h2-16,24,27H,17-19H2,1H3,(H,33,34)/t24-,27-/m1/s1. The maximum absolute atomic E-state index is 14.0. The lowest BCUT2D eigenvalue weighted by molar-refractivity contribution is -0.155. The SMILES string of the molecule is COc1ccc2c(c1OCc1ccccc1)C[C@H](C(=O)O)N(C(=O)[C@H](Oc1cccs1)c1ccccc1)C2. The minimum absolute atomic E-state index is 0.0816. The van der Waals surface area contributed by atoms with E-state index in [0.717, 1.165) is 16.7 Å². The molecule has 8 heteroatoms. The van der Waals surface area contributed by atoms with E-state index in [9.17, 15) is 14.7 Å². The minimum atomic E-state index is -1.10. The van der Waals surface area contributed by atoms with Crippen molar-refractivity contribution in [3.05, 3.63) is 113 Å². The topological polar surface area (TPSA) is 85.3 Å². The first-order valence-corrected chi connectivity index (χ1v) is 13.1. The van der Waals surface area contributed by atoms with Crippen molar-refractivity contribution < 1.29 is 28.9 Å². The zero-order valence-electron chi connectivity index (χ0n) is 20.8. The summed E-state index contributed by atoms with van der Waals surface area (Å²) in [7, 11) is 1.55. The number of carboxylic acids is 1. The quantitative estimate of drug-likeness (QED) is 0.309. The molecule has 1 N–H and O–H groups in total. The van der Waals surface area contributed by atoms with Crippen LogP contribution in [0.15, 0.2) is 90.3 Å². The number of amides is 1. The number of hydrogen-bond donors (Lipinski definition) is 1. The van der Waals surface area contributed by atoms with Crippen LogP contribution in [0.2, 0.25) is 0 Å².